The molecule has 21 heavy (non-hydrogen) atoms. The summed E-state index contributed by atoms with van der Waals surface area (Å²) in [6.07, 6.45) is 1.34. The first kappa shape index (κ1) is 13.2. The van der Waals surface area contributed by atoms with Crippen molar-refractivity contribution in [2.75, 3.05) is 0 Å². The van der Waals surface area contributed by atoms with Crippen LogP contribution in [0.1, 0.15) is 16.2 Å². The molecule has 0 amide bonds. The summed E-state index contributed by atoms with van der Waals surface area (Å²) in [4.78, 5) is 19.0. The molecule has 0 unspecified atom stereocenters. The second kappa shape index (κ2) is 4.62. The molecule has 0 aliphatic heterocycles. The quantitative estimate of drug-likeness (QED) is 0.787. The van der Waals surface area contributed by atoms with Gasteiger partial charge in [-0.1, -0.05) is 0 Å². The van der Waals surface area contributed by atoms with Crippen LogP contribution in [-0.4, -0.2) is 25.4 Å². The summed E-state index contributed by atoms with van der Waals surface area (Å²) in [5.74, 6) is -2.67. The van der Waals surface area contributed by atoms with Gasteiger partial charge in [0.2, 0.25) is 0 Å². The molecule has 0 saturated carbocycles. The Morgan fingerprint density at radius 1 is 1.19 bits per heavy atom. The van der Waals surface area contributed by atoms with E-state index in [1.807, 2.05) is 0 Å². The monoisotopic (exact) mass is 289 g/mol. The fourth-order valence-corrected chi connectivity index (χ4v) is 2.12. The summed E-state index contributed by atoms with van der Waals surface area (Å²) in [5.41, 5.74) is 1.08. The van der Waals surface area contributed by atoms with Crippen molar-refractivity contribution in [2.24, 2.45) is 0 Å². The zero-order valence-electron chi connectivity index (χ0n) is 10.8. The molecular weight excluding hydrogens is 280 g/mol. The van der Waals surface area contributed by atoms with Crippen LogP contribution in [0.3, 0.4) is 0 Å². The van der Waals surface area contributed by atoms with Gasteiger partial charge in [0.05, 0.1) is 5.69 Å². The van der Waals surface area contributed by atoms with E-state index in [0.29, 0.717) is 5.69 Å². The first-order chi connectivity index (χ1) is 9.95. The Morgan fingerprint density at radius 3 is 2.48 bits per heavy atom. The second-order valence-electron chi connectivity index (χ2n) is 4.53. The minimum absolute atomic E-state index is 0.127. The molecule has 106 valence electrons. The van der Waals surface area contributed by atoms with Gasteiger partial charge in [-0.05, 0) is 25.1 Å². The minimum Gasteiger partial charge on any atom is -0.476 e. The summed E-state index contributed by atoms with van der Waals surface area (Å²) < 4.78 is 28.1. The SMILES string of the molecule is Cc1cc(-c2cc(F)cc(F)c2)nc2c(C(=O)O)ncn12. The third-order valence-electron chi connectivity index (χ3n) is 3.06. The fraction of sp³-hybridized carbons (Fsp3) is 0.0714. The van der Waals surface area contributed by atoms with Crippen LogP contribution in [0.25, 0.3) is 16.9 Å². The molecule has 7 heteroatoms. The molecular formula is C14H9F2N3O2. The number of benzene rings is 1. The van der Waals surface area contributed by atoms with Gasteiger partial charge in [0.25, 0.3) is 0 Å². The maximum Gasteiger partial charge on any atom is 0.358 e. The molecule has 0 bridgehead atoms. The van der Waals surface area contributed by atoms with Gasteiger partial charge in [-0.15, -0.1) is 0 Å². The van der Waals surface area contributed by atoms with Crippen LogP contribution in [0.2, 0.25) is 0 Å². The van der Waals surface area contributed by atoms with Crippen molar-refractivity contribution in [1.82, 2.24) is 14.4 Å². The Kier molecular flexibility index (Phi) is 2.90. The molecule has 1 aromatic carbocycles. The molecule has 3 aromatic rings. The number of nitrogens with zero attached hydrogens (tertiary/aromatic N) is 3. The van der Waals surface area contributed by atoms with Crippen molar-refractivity contribution < 1.29 is 18.7 Å². The van der Waals surface area contributed by atoms with E-state index in [1.54, 1.807) is 13.0 Å². The largest absolute Gasteiger partial charge is 0.476 e. The summed E-state index contributed by atoms with van der Waals surface area (Å²) in [6, 6.07) is 4.64. The molecule has 0 spiro atoms. The number of halogens is 2. The van der Waals surface area contributed by atoms with Gasteiger partial charge in [0, 0.05) is 17.3 Å². The lowest BCUT2D eigenvalue weighted by atomic mass is 10.1. The fourth-order valence-electron chi connectivity index (χ4n) is 2.12. The molecule has 0 radical (unpaired) electrons. The van der Waals surface area contributed by atoms with E-state index in [9.17, 15) is 13.6 Å². The van der Waals surface area contributed by atoms with E-state index in [1.165, 1.54) is 10.7 Å². The van der Waals surface area contributed by atoms with E-state index < -0.39 is 17.6 Å². The van der Waals surface area contributed by atoms with E-state index >= 15 is 0 Å². The first-order valence-corrected chi connectivity index (χ1v) is 6.00. The van der Waals surface area contributed by atoms with Crippen molar-refractivity contribution in [1.29, 1.82) is 0 Å². The molecule has 2 aromatic heterocycles. The molecule has 0 aliphatic carbocycles. The molecule has 3 rings (SSSR count). The van der Waals surface area contributed by atoms with Gasteiger partial charge in [-0.3, -0.25) is 4.40 Å². The van der Waals surface area contributed by atoms with Crippen molar-refractivity contribution in [3.63, 3.8) is 0 Å². The topological polar surface area (TPSA) is 67.5 Å². The van der Waals surface area contributed by atoms with Crippen LogP contribution in [0.4, 0.5) is 8.78 Å². The Balaban J connectivity index is 2.28. The Hall–Kier alpha value is -2.83. The third-order valence-corrected chi connectivity index (χ3v) is 3.06. The average Bonchev–Trinajstić information content (AvgIpc) is 2.82. The molecule has 2 heterocycles. The number of carboxylic acids is 1. The van der Waals surface area contributed by atoms with Crippen molar-refractivity contribution in [3.8, 4) is 11.3 Å². The normalized spacial score (nSPS) is 11.0. The standard InChI is InChI=1S/C14H9F2N3O2/c1-7-2-11(8-3-9(15)5-10(16)4-8)18-13-12(14(20)21)17-6-19(7)13/h2-6H,1H3,(H,20,21). The van der Waals surface area contributed by atoms with Crippen LogP contribution >= 0.6 is 0 Å². The number of fused-ring (bicyclic) bond motifs is 1. The van der Waals surface area contributed by atoms with Gasteiger partial charge in [-0.2, -0.15) is 0 Å². The molecule has 0 fully saturated rings. The number of aryl methyl sites for hydroxylation is 1. The van der Waals surface area contributed by atoms with E-state index in [4.69, 9.17) is 5.11 Å². The molecule has 0 atom stereocenters. The Morgan fingerprint density at radius 2 is 1.86 bits per heavy atom. The van der Waals surface area contributed by atoms with E-state index in [-0.39, 0.29) is 22.6 Å². The first-order valence-electron chi connectivity index (χ1n) is 6.00. The van der Waals surface area contributed by atoms with Gasteiger partial charge < -0.3 is 5.11 Å². The third kappa shape index (κ3) is 2.22. The van der Waals surface area contributed by atoms with Crippen LogP contribution in [0, 0.1) is 18.6 Å². The summed E-state index contributed by atoms with van der Waals surface area (Å²) in [6.45, 7) is 1.72. The lowest BCUT2D eigenvalue weighted by molar-refractivity contribution is 0.0693. The molecule has 0 saturated heterocycles. The van der Waals surface area contributed by atoms with E-state index in [0.717, 1.165) is 18.2 Å². The number of carboxylic acid groups (broad SMARTS) is 1. The number of aromatic carboxylic acids is 1. The summed E-state index contributed by atoms with van der Waals surface area (Å²) in [7, 11) is 0. The lowest BCUT2D eigenvalue weighted by Crippen LogP contribution is -2.01. The predicted octanol–water partition coefficient (Wildman–Crippen LogP) is 2.68. The number of rotatable bonds is 2. The van der Waals surface area contributed by atoms with Crippen LogP contribution in [0.15, 0.2) is 30.6 Å². The number of imidazole rings is 1. The smallest absolute Gasteiger partial charge is 0.358 e. The van der Waals surface area contributed by atoms with E-state index in [2.05, 4.69) is 9.97 Å². The highest BCUT2D eigenvalue weighted by atomic mass is 19.1. The highest BCUT2D eigenvalue weighted by Gasteiger charge is 2.16. The maximum absolute atomic E-state index is 13.3. The Bertz CT molecular complexity index is 854. The number of carbonyl (C=O) groups is 1. The van der Waals surface area contributed by atoms with Gasteiger partial charge >= 0.3 is 5.97 Å². The van der Waals surface area contributed by atoms with Crippen LogP contribution in [-0.2, 0) is 0 Å². The van der Waals surface area contributed by atoms with Gasteiger partial charge in [0.15, 0.2) is 11.3 Å². The summed E-state index contributed by atoms with van der Waals surface area (Å²) >= 11 is 0. The summed E-state index contributed by atoms with van der Waals surface area (Å²) in [5, 5.41) is 9.08. The van der Waals surface area contributed by atoms with Crippen molar-refractivity contribution in [2.45, 2.75) is 6.92 Å². The second-order valence-corrected chi connectivity index (χ2v) is 4.53. The van der Waals surface area contributed by atoms with Crippen molar-refractivity contribution >= 4 is 11.6 Å². The highest BCUT2D eigenvalue weighted by molar-refractivity contribution is 5.92. The van der Waals surface area contributed by atoms with Crippen molar-refractivity contribution in [3.05, 3.63) is 53.6 Å². The number of hydrogen-bond acceptors (Lipinski definition) is 3. The maximum atomic E-state index is 13.3. The lowest BCUT2D eigenvalue weighted by Gasteiger charge is -2.06. The molecule has 1 N–H and O–H groups in total. The molecule has 5 nitrogen and oxygen atoms in total. The highest BCUT2D eigenvalue weighted by Crippen LogP contribution is 2.23. The zero-order chi connectivity index (χ0) is 15.1. The van der Waals surface area contributed by atoms with Gasteiger partial charge in [0.1, 0.15) is 18.0 Å². The van der Waals surface area contributed by atoms with Crippen LogP contribution < -0.4 is 0 Å². The van der Waals surface area contributed by atoms with Crippen LogP contribution in [0.5, 0.6) is 0 Å². The van der Waals surface area contributed by atoms with Gasteiger partial charge in [-0.25, -0.2) is 23.5 Å². The zero-order valence-corrected chi connectivity index (χ0v) is 10.8. The number of hydrogen-bond donors (Lipinski definition) is 1. The minimum atomic E-state index is -1.22. The Labute approximate surface area is 117 Å². The predicted molar refractivity (Wildman–Crippen MR) is 70.0 cm³/mol. The molecule has 0 aliphatic rings. The average molecular weight is 289 g/mol. The number of aromatic nitrogens is 3.